The summed E-state index contributed by atoms with van der Waals surface area (Å²) in [6.45, 7) is 14.1. The number of hydrogen-bond donors (Lipinski definition) is 1. The van der Waals surface area contributed by atoms with E-state index < -0.39 is 0 Å². The van der Waals surface area contributed by atoms with E-state index in [0.717, 1.165) is 33.0 Å². The van der Waals surface area contributed by atoms with E-state index in [9.17, 15) is 9.59 Å². The van der Waals surface area contributed by atoms with Crippen LogP contribution >= 0.6 is 0 Å². The fourth-order valence-corrected chi connectivity index (χ4v) is 3.70. The van der Waals surface area contributed by atoms with Gasteiger partial charge in [0.2, 0.25) is 5.91 Å². The summed E-state index contributed by atoms with van der Waals surface area (Å²) in [5, 5.41) is 4.80. The number of aryl methyl sites for hydroxylation is 2. The minimum atomic E-state index is -0.382. The predicted octanol–water partition coefficient (Wildman–Crippen LogP) is 4.91. The fourth-order valence-electron chi connectivity index (χ4n) is 3.70. The number of carbonyl (C=O) groups excluding carboxylic acids is 1. The molecule has 1 N–H and O–H groups in total. The van der Waals surface area contributed by atoms with Gasteiger partial charge in [-0.05, 0) is 51.2 Å². The van der Waals surface area contributed by atoms with Crippen molar-refractivity contribution < 1.29 is 13.6 Å². The topological polar surface area (TPSA) is 72.5 Å². The molecule has 0 spiro atoms. The van der Waals surface area contributed by atoms with Crippen LogP contribution in [-0.2, 0) is 16.6 Å². The van der Waals surface area contributed by atoms with Crippen molar-refractivity contribution in [3.05, 3.63) is 45.0 Å². The van der Waals surface area contributed by atoms with Gasteiger partial charge in [-0.15, -0.1) is 0 Å². The van der Waals surface area contributed by atoms with Gasteiger partial charge in [0.05, 0.1) is 6.26 Å². The van der Waals surface area contributed by atoms with Crippen LogP contribution in [0, 0.1) is 13.8 Å². The van der Waals surface area contributed by atoms with Gasteiger partial charge >= 0.3 is 5.63 Å². The van der Waals surface area contributed by atoms with E-state index in [1.165, 1.54) is 0 Å². The lowest BCUT2D eigenvalue weighted by Gasteiger charge is -2.17. The van der Waals surface area contributed by atoms with Crippen molar-refractivity contribution in [3.63, 3.8) is 0 Å². The zero-order valence-electron chi connectivity index (χ0n) is 17.8. The molecule has 0 atom stereocenters. The minimum Gasteiger partial charge on any atom is -0.464 e. The lowest BCUT2D eigenvalue weighted by atomic mass is 9.86. The molecule has 0 aliphatic rings. The molecule has 5 nitrogen and oxygen atoms in total. The Hall–Kier alpha value is -2.56. The molecular formula is C23H29NO4. The van der Waals surface area contributed by atoms with Crippen LogP contribution in [-0.4, -0.2) is 11.9 Å². The number of nitrogens with one attached hydrogen (secondary N) is 1. The highest BCUT2D eigenvalue weighted by Crippen LogP contribution is 2.37. The molecule has 0 saturated heterocycles. The summed E-state index contributed by atoms with van der Waals surface area (Å²) in [6, 6.07) is 2.13. The second-order valence-corrected chi connectivity index (χ2v) is 8.87. The van der Waals surface area contributed by atoms with Crippen molar-refractivity contribution in [2.45, 2.75) is 72.8 Å². The summed E-state index contributed by atoms with van der Waals surface area (Å²) in [5.41, 5.74) is 4.24. The van der Waals surface area contributed by atoms with Crippen molar-refractivity contribution in [2.24, 2.45) is 0 Å². The summed E-state index contributed by atoms with van der Waals surface area (Å²) < 4.78 is 11.5. The molecule has 0 fully saturated rings. The zero-order valence-corrected chi connectivity index (χ0v) is 17.8. The average molecular weight is 383 g/mol. The molecule has 0 bridgehead atoms. The molecule has 3 aromatic rings. The second kappa shape index (κ2) is 7.12. The lowest BCUT2D eigenvalue weighted by molar-refractivity contribution is -0.121. The van der Waals surface area contributed by atoms with Gasteiger partial charge in [0.25, 0.3) is 0 Å². The monoisotopic (exact) mass is 383 g/mol. The van der Waals surface area contributed by atoms with Gasteiger partial charge in [0.15, 0.2) is 0 Å². The van der Waals surface area contributed by atoms with Gasteiger partial charge in [-0.1, -0.05) is 20.8 Å². The minimum absolute atomic E-state index is 0.0628. The molecule has 0 aliphatic carbocycles. The molecule has 0 radical (unpaired) electrons. The normalized spacial score (nSPS) is 12.3. The SMILES string of the molecule is Cc1c(CCC(=O)NC(C)C)c(=O)oc2c(C)c3occ(C(C)(C)C)c3cc12. The second-order valence-electron chi connectivity index (χ2n) is 8.87. The Morgan fingerprint density at radius 2 is 1.79 bits per heavy atom. The first-order valence-corrected chi connectivity index (χ1v) is 9.77. The number of rotatable bonds is 4. The van der Waals surface area contributed by atoms with E-state index >= 15 is 0 Å². The summed E-state index contributed by atoms with van der Waals surface area (Å²) in [5.74, 6) is -0.0645. The third kappa shape index (κ3) is 3.58. The Balaban J connectivity index is 2.14. The van der Waals surface area contributed by atoms with Gasteiger partial charge < -0.3 is 14.2 Å². The van der Waals surface area contributed by atoms with E-state index in [1.54, 1.807) is 6.26 Å². The molecule has 0 saturated carbocycles. The molecule has 28 heavy (non-hydrogen) atoms. The highest BCUT2D eigenvalue weighted by molar-refractivity contribution is 6.00. The van der Waals surface area contributed by atoms with Crippen LogP contribution in [0.25, 0.3) is 21.9 Å². The molecule has 2 heterocycles. The van der Waals surface area contributed by atoms with Crippen molar-refractivity contribution in [1.82, 2.24) is 5.32 Å². The van der Waals surface area contributed by atoms with E-state index in [-0.39, 0.29) is 29.4 Å². The predicted molar refractivity (Wildman–Crippen MR) is 112 cm³/mol. The largest absolute Gasteiger partial charge is 0.464 e. The Kier molecular flexibility index (Phi) is 5.13. The van der Waals surface area contributed by atoms with Crippen LogP contribution in [0.15, 0.2) is 26.0 Å². The Morgan fingerprint density at radius 3 is 2.39 bits per heavy atom. The van der Waals surface area contributed by atoms with Crippen LogP contribution in [0.5, 0.6) is 0 Å². The summed E-state index contributed by atoms with van der Waals surface area (Å²) in [7, 11) is 0. The summed E-state index contributed by atoms with van der Waals surface area (Å²) >= 11 is 0. The number of fused-ring (bicyclic) bond motifs is 2. The van der Waals surface area contributed by atoms with Crippen molar-refractivity contribution in [1.29, 1.82) is 0 Å². The lowest BCUT2D eigenvalue weighted by Crippen LogP contribution is -2.30. The molecule has 5 heteroatoms. The van der Waals surface area contributed by atoms with Crippen LogP contribution in [0.1, 0.15) is 63.3 Å². The van der Waals surface area contributed by atoms with Gasteiger partial charge in [0.1, 0.15) is 11.2 Å². The number of furan rings is 1. The fraction of sp³-hybridized carbons (Fsp3) is 0.478. The standard InChI is InChI=1S/C23H29NO4/c1-12(2)24-19(25)9-8-15-13(3)16-10-17-18(23(5,6)7)11-27-20(17)14(4)21(16)28-22(15)26/h10-12H,8-9H2,1-7H3,(H,24,25). The zero-order chi connectivity index (χ0) is 20.8. The molecule has 150 valence electrons. The van der Waals surface area contributed by atoms with Crippen LogP contribution < -0.4 is 10.9 Å². The maximum atomic E-state index is 12.6. The quantitative estimate of drug-likeness (QED) is 0.650. The first-order valence-electron chi connectivity index (χ1n) is 9.77. The Labute approximate surface area is 165 Å². The van der Waals surface area contributed by atoms with Crippen molar-refractivity contribution in [2.75, 3.05) is 0 Å². The van der Waals surface area contributed by atoms with Crippen molar-refractivity contribution in [3.8, 4) is 0 Å². The first-order chi connectivity index (χ1) is 13.0. The third-order valence-electron chi connectivity index (χ3n) is 5.20. The van der Waals surface area contributed by atoms with Gasteiger partial charge in [-0.3, -0.25) is 4.79 Å². The highest BCUT2D eigenvalue weighted by atomic mass is 16.4. The highest BCUT2D eigenvalue weighted by Gasteiger charge is 2.23. The molecule has 3 rings (SSSR count). The molecule has 0 aliphatic heterocycles. The maximum absolute atomic E-state index is 12.6. The molecule has 1 amide bonds. The van der Waals surface area contributed by atoms with E-state index in [4.69, 9.17) is 8.83 Å². The van der Waals surface area contributed by atoms with Gasteiger partial charge in [-0.2, -0.15) is 0 Å². The molecule has 2 aromatic heterocycles. The average Bonchev–Trinajstić information content (AvgIpc) is 3.00. The Bertz CT molecular complexity index is 1110. The van der Waals surface area contributed by atoms with Crippen molar-refractivity contribution >= 4 is 27.8 Å². The summed E-state index contributed by atoms with van der Waals surface area (Å²) in [4.78, 5) is 24.6. The Morgan fingerprint density at radius 1 is 1.11 bits per heavy atom. The number of hydrogen-bond acceptors (Lipinski definition) is 4. The van der Waals surface area contributed by atoms with E-state index in [1.807, 2.05) is 27.7 Å². The van der Waals surface area contributed by atoms with Crippen LogP contribution in [0.3, 0.4) is 0 Å². The van der Waals surface area contributed by atoms with E-state index in [2.05, 4.69) is 32.2 Å². The number of benzene rings is 1. The first kappa shape index (κ1) is 20.2. The summed E-state index contributed by atoms with van der Waals surface area (Å²) in [6.07, 6.45) is 2.41. The molecular weight excluding hydrogens is 354 g/mol. The third-order valence-corrected chi connectivity index (χ3v) is 5.20. The maximum Gasteiger partial charge on any atom is 0.339 e. The van der Waals surface area contributed by atoms with Gasteiger partial charge in [0, 0.05) is 39.9 Å². The van der Waals surface area contributed by atoms with Crippen LogP contribution in [0.2, 0.25) is 0 Å². The molecule has 0 unspecified atom stereocenters. The molecule has 1 aromatic carbocycles. The smallest absolute Gasteiger partial charge is 0.339 e. The van der Waals surface area contributed by atoms with Crippen LogP contribution in [0.4, 0.5) is 0 Å². The van der Waals surface area contributed by atoms with E-state index in [0.29, 0.717) is 17.6 Å². The number of amides is 1. The number of carbonyl (C=O) groups is 1. The van der Waals surface area contributed by atoms with Gasteiger partial charge in [-0.25, -0.2) is 4.79 Å².